The van der Waals surface area contributed by atoms with E-state index >= 15 is 0 Å². The van der Waals surface area contributed by atoms with E-state index < -0.39 is 0 Å². The molecule has 0 fully saturated rings. The highest BCUT2D eigenvalue weighted by Gasteiger charge is 1.95. The Kier molecular flexibility index (Phi) is 3.51. The standard InChI is InChI=1S/C11H8ClN3OS/c12-8-4-1-7(2-5-8)3-6-9-10(16)13-11(17)15-14-9/h1-6H,(H2,13,15,16,17). The maximum absolute atomic E-state index is 11.4. The molecule has 0 bridgehead atoms. The second-order valence-electron chi connectivity index (χ2n) is 3.28. The van der Waals surface area contributed by atoms with Gasteiger partial charge in [0.15, 0.2) is 4.77 Å². The normalized spacial score (nSPS) is 10.9. The van der Waals surface area contributed by atoms with Crippen LogP contribution in [0.25, 0.3) is 12.2 Å². The number of H-pyrrole nitrogens is 2. The second-order valence-corrected chi connectivity index (χ2v) is 4.12. The molecule has 2 N–H and O–H groups in total. The molecule has 0 aliphatic rings. The smallest absolute Gasteiger partial charge is 0.277 e. The van der Waals surface area contributed by atoms with Gasteiger partial charge in [-0.2, -0.15) is 5.10 Å². The molecule has 0 saturated heterocycles. The fourth-order valence-corrected chi connectivity index (χ4v) is 1.48. The minimum absolute atomic E-state index is 0.207. The molecule has 2 aromatic rings. The Balaban J connectivity index is 2.29. The fraction of sp³-hybridized carbons (Fsp3) is 0. The topological polar surface area (TPSA) is 61.5 Å². The van der Waals surface area contributed by atoms with E-state index in [0.717, 1.165) is 5.56 Å². The first-order valence-corrected chi connectivity index (χ1v) is 5.56. The molecular weight excluding hydrogens is 258 g/mol. The highest BCUT2D eigenvalue weighted by Crippen LogP contribution is 2.11. The number of rotatable bonds is 2. The van der Waals surface area contributed by atoms with Crippen molar-refractivity contribution in [2.24, 2.45) is 0 Å². The summed E-state index contributed by atoms with van der Waals surface area (Å²) in [5, 5.41) is 7.02. The van der Waals surface area contributed by atoms with Crippen LogP contribution >= 0.6 is 23.8 Å². The van der Waals surface area contributed by atoms with Gasteiger partial charge < -0.3 is 0 Å². The summed E-state index contributed by atoms with van der Waals surface area (Å²) in [4.78, 5) is 13.9. The van der Waals surface area contributed by atoms with Crippen LogP contribution in [0.3, 0.4) is 0 Å². The molecule has 1 aromatic carbocycles. The molecule has 0 aliphatic carbocycles. The number of hydrogen-bond donors (Lipinski definition) is 2. The predicted molar refractivity (Wildman–Crippen MR) is 70.4 cm³/mol. The van der Waals surface area contributed by atoms with Crippen LogP contribution < -0.4 is 5.56 Å². The summed E-state index contributed by atoms with van der Waals surface area (Å²) in [6.07, 6.45) is 3.37. The van der Waals surface area contributed by atoms with E-state index in [-0.39, 0.29) is 16.0 Å². The number of hydrogen-bond acceptors (Lipinski definition) is 3. The van der Waals surface area contributed by atoms with Crippen molar-refractivity contribution < 1.29 is 0 Å². The van der Waals surface area contributed by atoms with Crippen molar-refractivity contribution in [3.63, 3.8) is 0 Å². The van der Waals surface area contributed by atoms with E-state index in [0.29, 0.717) is 5.02 Å². The Hall–Kier alpha value is -1.72. The maximum atomic E-state index is 11.4. The Bertz CT molecular complexity index is 657. The lowest BCUT2D eigenvalue weighted by Crippen LogP contribution is -2.12. The molecule has 1 aromatic heterocycles. The van der Waals surface area contributed by atoms with Crippen molar-refractivity contribution in [2.75, 3.05) is 0 Å². The van der Waals surface area contributed by atoms with Gasteiger partial charge in [0.25, 0.3) is 5.56 Å². The largest absolute Gasteiger partial charge is 0.296 e. The van der Waals surface area contributed by atoms with E-state index in [4.69, 9.17) is 23.8 Å². The first-order chi connectivity index (χ1) is 8.15. The SMILES string of the molecule is O=c1[nH]c(=S)[nH]nc1C=Cc1ccc(Cl)cc1. The molecule has 0 aliphatic heterocycles. The van der Waals surface area contributed by atoms with Gasteiger partial charge in [0, 0.05) is 5.02 Å². The zero-order valence-corrected chi connectivity index (χ0v) is 10.2. The lowest BCUT2D eigenvalue weighted by Gasteiger charge is -1.93. The maximum Gasteiger partial charge on any atom is 0.277 e. The van der Waals surface area contributed by atoms with Crippen LogP contribution in [-0.2, 0) is 0 Å². The summed E-state index contributed by atoms with van der Waals surface area (Å²) in [5.74, 6) is 0. The molecule has 0 amide bonds. The van der Waals surface area contributed by atoms with Crippen LogP contribution in [0.4, 0.5) is 0 Å². The molecule has 2 rings (SSSR count). The molecular formula is C11H8ClN3OS. The number of aromatic nitrogens is 3. The number of halogens is 1. The lowest BCUT2D eigenvalue weighted by molar-refractivity contribution is 0.912. The molecule has 6 heteroatoms. The Morgan fingerprint density at radius 3 is 2.59 bits per heavy atom. The highest BCUT2D eigenvalue weighted by atomic mass is 35.5. The van der Waals surface area contributed by atoms with Crippen LogP contribution in [0.15, 0.2) is 29.1 Å². The number of aromatic amines is 2. The van der Waals surface area contributed by atoms with Crippen LogP contribution in [0.1, 0.15) is 11.3 Å². The summed E-state index contributed by atoms with van der Waals surface area (Å²) in [6, 6.07) is 7.24. The molecule has 4 nitrogen and oxygen atoms in total. The summed E-state index contributed by atoms with van der Waals surface area (Å²) in [7, 11) is 0. The number of nitrogens with zero attached hydrogens (tertiary/aromatic N) is 1. The fourth-order valence-electron chi connectivity index (χ4n) is 1.22. The third kappa shape index (κ3) is 3.12. The van der Waals surface area contributed by atoms with Crippen LogP contribution in [0.2, 0.25) is 5.02 Å². The van der Waals surface area contributed by atoms with Gasteiger partial charge in [-0.05, 0) is 36.0 Å². The minimum Gasteiger partial charge on any atom is -0.296 e. The summed E-state index contributed by atoms with van der Waals surface area (Å²) in [5.41, 5.74) is 0.880. The second kappa shape index (κ2) is 5.07. The van der Waals surface area contributed by atoms with Crippen LogP contribution in [0.5, 0.6) is 0 Å². The zero-order valence-electron chi connectivity index (χ0n) is 8.61. The Morgan fingerprint density at radius 1 is 1.24 bits per heavy atom. The molecule has 1 heterocycles. The number of nitrogens with one attached hydrogen (secondary N) is 2. The van der Waals surface area contributed by atoms with Gasteiger partial charge >= 0.3 is 0 Å². The van der Waals surface area contributed by atoms with Crippen molar-refractivity contribution in [3.05, 3.63) is 55.7 Å². The van der Waals surface area contributed by atoms with Gasteiger partial charge in [-0.15, -0.1) is 0 Å². The van der Waals surface area contributed by atoms with Crippen LogP contribution in [-0.4, -0.2) is 15.2 Å². The third-order valence-corrected chi connectivity index (χ3v) is 2.49. The van der Waals surface area contributed by atoms with E-state index in [9.17, 15) is 4.79 Å². The van der Waals surface area contributed by atoms with E-state index in [2.05, 4.69) is 15.2 Å². The van der Waals surface area contributed by atoms with E-state index in [1.165, 1.54) is 0 Å². The first-order valence-electron chi connectivity index (χ1n) is 4.78. The molecule has 0 radical (unpaired) electrons. The van der Waals surface area contributed by atoms with Crippen molar-refractivity contribution in [3.8, 4) is 0 Å². The van der Waals surface area contributed by atoms with E-state index in [1.807, 2.05) is 12.1 Å². The molecule has 0 saturated carbocycles. The van der Waals surface area contributed by atoms with Crippen molar-refractivity contribution >= 4 is 36.0 Å². The highest BCUT2D eigenvalue weighted by molar-refractivity contribution is 7.71. The first kappa shape index (κ1) is 11.8. The zero-order chi connectivity index (χ0) is 12.3. The molecule has 17 heavy (non-hydrogen) atoms. The average molecular weight is 266 g/mol. The van der Waals surface area contributed by atoms with Gasteiger partial charge in [0.05, 0.1) is 0 Å². The minimum atomic E-state index is -0.320. The van der Waals surface area contributed by atoms with Crippen LogP contribution in [0, 0.1) is 4.77 Å². The predicted octanol–water partition coefficient (Wildman–Crippen LogP) is 2.65. The van der Waals surface area contributed by atoms with Gasteiger partial charge in [-0.1, -0.05) is 29.8 Å². The molecule has 0 atom stereocenters. The summed E-state index contributed by atoms with van der Waals surface area (Å²) in [6.45, 7) is 0. The monoisotopic (exact) mass is 265 g/mol. The van der Waals surface area contributed by atoms with Crippen molar-refractivity contribution in [1.29, 1.82) is 0 Å². The van der Waals surface area contributed by atoms with Crippen molar-refractivity contribution in [1.82, 2.24) is 15.2 Å². The Morgan fingerprint density at radius 2 is 1.94 bits per heavy atom. The molecule has 0 spiro atoms. The molecule has 86 valence electrons. The van der Waals surface area contributed by atoms with Gasteiger partial charge in [0.1, 0.15) is 5.69 Å². The summed E-state index contributed by atoms with van der Waals surface area (Å²) >= 11 is 10.5. The van der Waals surface area contributed by atoms with Gasteiger partial charge in [-0.3, -0.25) is 14.9 Å². The van der Waals surface area contributed by atoms with E-state index in [1.54, 1.807) is 24.3 Å². The van der Waals surface area contributed by atoms with Gasteiger partial charge in [-0.25, -0.2) is 0 Å². The Labute approximate surface area is 107 Å². The lowest BCUT2D eigenvalue weighted by atomic mass is 10.2. The van der Waals surface area contributed by atoms with Crippen molar-refractivity contribution in [2.45, 2.75) is 0 Å². The quantitative estimate of drug-likeness (QED) is 0.821. The molecule has 0 unspecified atom stereocenters. The third-order valence-electron chi connectivity index (χ3n) is 2.04. The number of benzene rings is 1. The summed E-state index contributed by atoms with van der Waals surface area (Å²) < 4.78 is 0.207. The average Bonchev–Trinajstić information content (AvgIpc) is 2.30. The van der Waals surface area contributed by atoms with Gasteiger partial charge in [0.2, 0.25) is 0 Å².